The van der Waals surface area contributed by atoms with E-state index in [0.29, 0.717) is 5.02 Å². The van der Waals surface area contributed by atoms with Crippen molar-refractivity contribution >= 4 is 58.4 Å². The molecule has 2 atom stereocenters. The van der Waals surface area contributed by atoms with E-state index in [1.165, 1.54) is 12.1 Å². The Balaban J connectivity index is 2.15. The number of carboxylic acids is 1. The van der Waals surface area contributed by atoms with Gasteiger partial charge in [-0.05, 0) is 18.2 Å². The van der Waals surface area contributed by atoms with Crippen molar-refractivity contribution < 1.29 is 19.5 Å². The van der Waals surface area contributed by atoms with Gasteiger partial charge in [0, 0.05) is 17.2 Å². The van der Waals surface area contributed by atoms with Crippen LogP contribution in [0, 0.1) is 0 Å². The number of thioether (sulfide) groups is 1. The summed E-state index contributed by atoms with van der Waals surface area (Å²) in [7, 11) is 0. The van der Waals surface area contributed by atoms with E-state index in [0.717, 1.165) is 16.7 Å². The van der Waals surface area contributed by atoms with Crippen LogP contribution in [0.25, 0.3) is 0 Å². The van der Waals surface area contributed by atoms with Crippen LogP contribution in [-0.4, -0.2) is 39.9 Å². The molecule has 1 aromatic carbocycles. The highest BCUT2D eigenvalue weighted by molar-refractivity contribution is 8.00. The molecule has 0 aromatic heterocycles. The maximum Gasteiger partial charge on any atom is 0.321 e. The molecule has 1 fully saturated rings. The van der Waals surface area contributed by atoms with Gasteiger partial charge in [0.05, 0.1) is 16.0 Å². The molecule has 9 heteroatoms. The fourth-order valence-electron chi connectivity index (χ4n) is 1.94. The Kier molecular flexibility index (Phi) is 5.33. The normalized spacial score (nSPS) is 19.6. The molecule has 3 N–H and O–H groups in total. The van der Waals surface area contributed by atoms with Crippen molar-refractivity contribution in [2.24, 2.45) is 5.73 Å². The van der Waals surface area contributed by atoms with E-state index in [1.54, 1.807) is 6.07 Å². The Morgan fingerprint density at radius 2 is 2.14 bits per heavy atom. The Bertz CT molecular complexity index is 640. The molecule has 1 saturated heterocycles. The molecule has 1 aromatic rings. The molecule has 1 aliphatic heterocycles. The molecule has 0 radical (unpaired) electrons. The largest absolute Gasteiger partial charge is 0.480 e. The van der Waals surface area contributed by atoms with Crippen LogP contribution in [0.5, 0.6) is 0 Å². The Morgan fingerprint density at radius 3 is 2.77 bits per heavy atom. The quantitative estimate of drug-likeness (QED) is 0.774. The number of carboxylic acid groups (broad SMARTS) is 1. The first-order valence-corrected chi connectivity index (χ1v) is 8.03. The van der Waals surface area contributed by atoms with Crippen LogP contribution in [-0.2, 0) is 14.4 Å². The monoisotopic (exact) mass is 362 g/mol. The van der Waals surface area contributed by atoms with E-state index in [9.17, 15) is 14.4 Å². The highest BCUT2D eigenvalue weighted by Crippen LogP contribution is 2.35. The summed E-state index contributed by atoms with van der Waals surface area (Å²) in [5, 5.41) is 8.65. The number of hydrogen-bond donors (Lipinski definition) is 2. The fourth-order valence-corrected chi connectivity index (χ4v) is 3.39. The second-order valence-electron chi connectivity index (χ2n) is 4.63. The van der Waals surface area contributed by atoms with Crippen LogP contribution in [0.3, 0.4) is 0 Å². The average Bonchev–Trinajstić information content (AvgIpc) is 2.73. The van der Waals surface area contributed by atoms with Crippen LogP contribution < -0.4 is 10.6 Å². The highest BCUT2D eigenvalue weighted by Gasteiger charge is 2.41. The predicted octanol–water partition coefficient (Wildman–Crippen LogP) is 1.77. The van der Waals surface area contributed by atoms with Gasteiger partial charge < -0.3 is 10.8 Å². The number of carbonyl (C=O) groups excluding carboxylic acids is 2. The summed E-state index contributed by atoms with van der Waals surface area (Å²) in [6.07, 6.45) is -0.0291. The number of benzene rings is 1. The van der Waals surface area contributed by atoms with Crippen molar-refractivity contribution in [3.05, 3.63) is 28.2 Å². The lowest BCUT2D eigenvalue weighted by atomic mass is 10.3. The lowest BCUT2D eigenvalue weighted by molar-refractivity contribution is -0.138. The zero-order valence-corrected chi connectivity index (χ0v) is 13.5. The summed E-state index contributed by atoms with van der Waals surface area (Å²) >= 11 is 12.9. The van der Waals surface area contributed by atoms with E-state index >= 15 is 0 Å². The van der Waals surface area contributed by atoms with Crippen molar-refractivity contribution in [2.75, 3.05) is 10.7 Å². The molecule has 0 aliphatic carbocycles. The van der Waals surface area contributed by atoms with Crippen LogP contribution in [0.2, 0.25) is 10.0 Å². The summed E-state index contributed by atoms with van der Waals surface area (Å²) in [4.78, 5) is 36.1. The van der Waals surface area contributed by atoms with Gasteiger partial charge in [0.15, 0.2) is 0 Å². The molecule has 118 valence electrons. The number of rotatable bonds is 5. The summed E-state index contributed by atoms with van der Waals surface area (Å²) < 4.78 is 0. The van der Waals surface area contributed by atoms with Crippen molar-refractivity contribution in [3.63, 3.8) is 0 Å². The molecule has 1 aliphatic rings. The fraction of sp³-hybridized carbons (Fsp3) is 0.308. The summed E-state index contributed by atoms with van der Waals surface area (Å²) in [5.74, 6) is -1.97. The number of imide groups is 1. The van der Waals surface area contributed by atoms with Gasteiger partial charge in [-0.3, -0.25) is 14.4 Å². The van der Waals surface area contributed by atoms with Gasteiger partial charge in [0.25, 0.3) is 0 Å². The topological polar surface area (TPSA) is 101 Å². The highest BCUT2D eigenvalue weighted by atomic mass is 35.5. The van der Waals surface area contributed by atoms with Crippen LogP contribution in [0.1, 0.15) is 6.42 Å². The molecule has 2 unspecified atom stereocenters. The molecular weight excluding hydrogens is 351 g/mol. The zero-order chi connectivity index (χ0) is 16.4. The third kappa shape index (κ3) is 3.55. The van der Waals surface area contributed by atoms with Crippen LogP contribution >= 0.6 is 35.0 Å². The van der Waals surface area contributed by atoms with Crippen LogP contribution in [0.4, 0.5) is 5.69 Å². The third-order valence-electron chi connectivity index (χ3n) is 3.05. The molecule has 1 heterocycles. The van der Waals surface area contributed by atoms with E-state index in [2.05, 4.69) is 0 Å². The minimum Gasteiger partial charge on any atom is -0.480 e. The second kappa shape index (κ2) is 6.87. The van der Waals surface area contributed by atoms with Crippen LogP contribution in [0.15, 0.2) is 18.2 Å². The average molecular weight is 363 g/mol. The van der Waals surface area contributed by atoms with Crippen molar-refractivity contribution in [1.29, 1.82) is 0 Å². The first-order valence-electron chi connectivity index (χ1n) is 6.23. The Hall–Kier alpha value is -1.28. The van der Waals surface area contributed by atoms with E-state index in [4.69, 9.17) is 34.0 Å². The summed E-state index contributed by atoms with van der Waals surface area (Å²) in [6.45, 7) is 0. The van der Waals surface area contributed by atoms with Gasteiger partial charge in [-0.2, -0.15) is 0 Å². The number of anilines is 1. The van der Waals surface area contributed by atoms with Gasteiger partial charge >= 0.3 is 5.97 Å². The van der Waals surface area contributed by atoms with Gasteiger partial charge in [0.1, 0.15) is 6.04 Å². The van der Waals surface area contributed by atoms with Gasteiger partial charge in [0.2, 0.25) is 11.8 Å². The predicted molar refractivity (Wildman–Crippen MR) is 85.4 cm³/mol. The third-order valence-corrected chi connectivity index (χ3v) is 4.93. The molecule has 0 spiro atoms. The number of nitrogens with zero attached hydrogens (tertiary/aromatic N) is 1. The minimum absolute atomic E-state index is 0.0291. The minimum atomic E-state index is -1.15. The molecule has 0 saturated carbocycles. The lowest BCUT2D eigenvalue weighted by Crippen LogP contribution is -2.35. The van der Waals surface area contributed by atoms with Crippen molar-refractivity contribution in [3.8, 4) is 0 Å². The standard InChI is InChI=1S/C13H12Cl2N2O4S/c14-6-1-2-7(15)9(3-6)17-11(18)4-10(12(17)19)22-5-8(16)13(20)21/h1-3,8,10H,4-5,16H2,(H,20,21). The maximum atomic E-state index is 12.4. The number of aliphatic carboxylic acids is 1. The summed E-state index contributed by atoms with van der Waals surface area (Å²) in [5.41, 5.74) is 5.63. The number of nitrogens with two attached hydrogens (primary N) is 1. The Morgan fingerprint density at radius 1 is 1.45 bits per heavy atom. The zero-order valence-electron chi connectivity index (χ0n) is 11.2. The SMILES string of the molecule is NC(CSC1CC(=O)N(c2cc(Cl)ccc2Cl)C1=O)C(=O)O. The number of carbonyl (C=O) groups is 3. The molecule has 2 amide bonds. The first kappa shape index (κ1) is 17.1. The van der Waals surface area contributed by atoms with Gasteiger partial charge in [-0.15, -0.1) is 11.8 Å². The molecule has 6 nitrogen and oxygen atoms in total. The lowest BCUT2D eigenvalue weighted by Gasteiger charge is -2.17. The van der Waals surface area contributed by atoms with E-state index < -0.39 is 29.1 Å². The molecular formula is C13H12Cl2N2O4S. The van der Waals surface area contributed by atoms with E-state index in [-0.39, 0.29) is 22.9 Å². The number of halogens is 2. The second-order valence-corrected chi connectivity index (χ2v) is 6.71. The maximum absolute atomic E-state index is 12.4. The van der Waals surface area contributed by atoms with Crippen molar-refractivity contribution in [2.45, 2.75) is 17.7 Å². The van der Waals surface area contributed by atoms with Gasteiger partial charge in [-0.1, -0.05) is 23.2 Å². The number of hydrogen-bond acceptors (Lipinski definition) is 5. The first-order chi connectivity index (χ1) is 10.3. The smallest absolute Gasteiger partial charge is 0.321 e. The van der Waals surface area contributed by atoms with Gasteiger partial charge in [-0.25, -0.2) is 4.90 Å². The molecule has 2 rings (SSSR count). The summed E-state index contributed by atoms with van der Waals surface area (Å²) in [6, 6.07) is 3.41. The number of amides is 2. The van der Waals surface area contributed by atoms with Crippen molar-refractivity contribution in [1.82, 2.24) is 0 Å². The molecule has 22 heavy (non-hydrogen) atoms. The Labute approximate surface area is 140 Å². The van der Waals surface area contributed by atoms with E-state index in [1.807, 2.05) is 0 Å². The molecule has 0 bridgehead atoms.